The maximum atomic E-state index is 13.8. The monoisotopic (exact) mass is 271 g/mol. The third kappa shape index (κ3) is 2.53. The van der Waals surface area contributed by atoms with Crippen LogP contribution in [0.1, 0.15) is 24.1 Å². The minimum atomic E-state index is -3.75. The molecule has 0 amide bonds. The fourth-order valence-corrected chi connectivity index (χ4v) is 1.96. The largest absolute Gasteiger partial charge is 0.493 e. The van der Waals surface area contributed by atoms with Gasteiger partial charge in [0, 0.05) is 6.42 Å². The molecule has 2 rings (SSSR count). The van der Waals surface area contributed by atoms with Crippen molar-refractivity contribution >= 4 is 5.97 Å². The number of alkyl halides is 2. The summed E-state index contributed by atoms with van der Waals surface area (Å²) in [7, 11) is 0. The van der Waals surface area contributed by atoms with Crippen LogP contribution in [0.2, 0.25) is 0 Å². The molecule has 1 aliphatic heterocycles. The minimum Gasteiger partial charge on any atom is -0.493 e. The SMILES string of the molecule is CCOC(=O)C(F)(F)[C@@H](N)c1ccc2c(c1)CCO2. The highest BCUT2D eigenvalue weighted by atomic mass is 19.3. The van der Waals surface area contributed by atoms with E-state index in [0.29, 0.717) is 18.8 Å². The molecule has 6 heteroatoms. The Bertz CT molecular complexity index is 491. The van der Waals surface area contributed by atoms with Crippen LogP contribution in [0.15, 0.2) is 18.2 Å². The first-order valence-corrected chi connectivity index (χ1v) is 6.03. The van der Waals surface area contributed by atoms with Gasteiger partial charge in [-0.2, -0.15) is 8.78 Å². The molecule has 2 N–H and O–H groups in total. The first-order chi connectivity index (χ1) is 8.96. The summed E-state index contributed by atoms with van der Waals surface area (Å²) in [6.07, 6.45) is 0.654. The van der Waals surface area contributed by atoms with Crippen LogP contribution in [0.4, 0.5) is 8.78 Å². The van der Waals surface area contributed by atoms with Gasteiger partial charge in [0.1, 0.15) is 11.8 Å². The maximum Gasteiger partial charge on any atom is 0.379 e. The number of ether oxygens (including phenoxy) is 2. The topological polar surface area (TPSA) is 61.5 Å². The van der Waals surface area contributed by atoms with E-state index in [2.05, 4.69) is 4.74 Å². The molecule has 0 saturated heterocycles. The minimum absolute atomic E-state index is 0.112. The van der Waals surface area contributed by atoms with Crippen molar-refractivity contribution < 1.29 is 23.0 Å². The van der Waals surface area contributed by atoms with Crippen molar-refractivity contribution in [1.82, 2.24) is 0 Å². The van der Waals surface area contributed by atoms with E-state index in [1.165, 1.54) is 13.0 Å². The second-order valence-electron chi connectivity index (χ2n) is 4.29. The number of fused-ring (bicyclic) bond motifs is 1. The van der Waals surface area contributed by atoms with E-state index >= 15 is 0 Å². The summed E-state index contributed by atoms with van der Waals surface area (Å²) >= 11 is 0. The van der Waals surface area contributed by atoms with Gasteiger partial charge in [-0.05, 0) is 24.1 Å². The van der Waals surface area contributed by atoms with Crippen molar-refractivity contribution in [3.05, 3.63) is 29.3 Å². The zero-order valence-corrected chi connectivity index (χ0v) is 10.5. The van der Waals surface area contributed by atoms with Gasteiger partial charge in [0.15, 0.2) is 0 Å². The molecular formula is C13H15F2NO3. The lowest BCUT2D eigenvalue weighted by atomic mass is 9.98. The first kappa shape index (κ1) is 13.7. The first-order valence-electron chi connectivity index (χ1n) is 6.03. The fourth-order valence-electron chi connectivity index (χ4n) is 1.96. The smallest absolute Gasteiger partial charge is 0.379 e. The number of carbonyl (C=O) groups is 1. The van der Waals surface area contributed by atoms with E-state index in [4.69, 9.17) is 10.5 Å². The summed E-state index contributed by atoms with van der Waals surface area (Å²) in [6.45, 7) is 1.88. The van der Waals surface area contributed by atoms with Crippen molar-refractivity contribution in [2.24, 2.45) is 5.73 Å². The van der Waals surface area contributed by atoms with Gasteiger partial charge in [-0.1, -0.05) is 12.1 Å². The lowest BCUT2D eigenvalue weighted by Crippen LogP contribution is -2.41. The average molecular weight is 271 g/mol. The molecule has 1 atom stereocenters. The zero-order chi connectivity index (χ0) is 14.0. The summed E-state index contributed by atoms with van der Waals surface area (Å²) in [5.74, 6) is -4.67. The van der Waals surface area contributed by atoms with Crippen molar-refractivity contribution in [2.45, 2.75) is 25.3 Å². The van der Waals surface area contributed by atoms with Crippen molar-refractivity contribution in [2.75, 3.05) is 13.2 Å². The van der Waals surface area contributed by atoms with Crippen LogP contribution in [0.5, 0.6) is 5.75 Å². The molecular weight excluding hydrogens is 256 g/mol. The maximum absolute atomic E-state index is 13.8. The van der Waals surface area contributed by atoms with Crippen molar-refractivity contribution in [3.63, 3.8) is 0 Å². The quantitative estimate of drug-likeness (QED) is 0.848. The molecule has 0 unspecified atom stereocenters. The van der Waals surface area contributed by atoms with E-state index in [-0.39, 0.29) is 12.2 Å². The number of esters is 1. The van der Waals surface area contributed by atoms with Crippen molar-refractivity contribution in [3.8, 4) is 5.75 Å². The summed E-state index contributed by atoms with van der Waals surface area (Å²) in [4.78, 5) is 11.2. The Morgan fingerprint density at radius 2 is 2.32 bits per heavy atom. The second-order valence-corrected chi connectivity index (χ2v) is 4.29. The van der Waals surface area contributed by atoms with Gasteiger partial charge in [0.2, 0.25) is 0 Å². The zero-order valence-electron chi connectivity index (χ0n) is 10.5. The summed E-state index contributed by atoms with van der Waals surface area (Å²) in [5.41, 5.74) is 6.53. The summed E-state index contributed by atoms with van der Waals surface area (Å²) in [5, 5.41) is 0. The number of rotatable bonds is 4. The Labute approximate surface area is 109 Å². The highest BCUT2D eigenvalue weighted by Crippen LogP contribution is 2.34. The Kier molecular flexibility index (Phi) is 3.71. The third-order valence-corrected chi connectivity index (χ3v) is 3.01. The Balaban J connectivity index is 2.23. The van der Waals surface area contributed by atoms with Crippen LogP contribution in [-0.2, 0) is 16.0 Å². The molecule has 0 spiro atoms. The molecule has 19 heavy (non-hydrogen) atoms. The predicted molar refractivity (Wildman–Crippen MR) is 64.1 cm³/mol. The number of nitrogens with two attached hydrogens (primary N) is 1. The normalized spacial score (nSPS) is 15.6. The van der Waals surface area contributed by atoms with Crippen molar-refractivity contribution in [1.29, 1.82) is 0 Å². The molecule has 1 aromatic rings. The highest BCUT2D eigenvalue weighted by Gasteiger charge is 2.47. The van der Waals surface area contributed by atoms with Gasteiger partial charge >= 0.3 is 11.9 Å². The number of halogens is 2. The molecule has 0 aliphatic carbocycles. The Hall–Kier alpha value is -1.69. The lowest BCUT2D eigenvalue weighted by molar-refractivity contribution is -0.174. The summed E-state index contributed by atoms with van der Waals surface area (Å²) < 4.78 is 37.2. The van der Waals surface area contributed by atoms with E-state index in [0.717, 1.165) is 5.56 Å². The number of benzene rings is 1. The standard InChI is InChI=1S/C13H15F2NO3/c1-2-18-12(17)13(14,15)11(16)9-3-4-10-8(7-9)5-6-19-10/h3-4,7,11H,2,5-6,16H2,1H3/t11-/m0/s1. The van der Waals surface area contributed by atoms with Crippen LogP contribution in [0.3, 0.4) is 0 Å². The molecule has 0 saturated carbocycles. The van der Waals surface area contributed by atoms with E-state index in [9.17, 15) is 13.6 Å². The highest BCUT2D eigenvalue weighted by molar-refractivity contribution is 5.79. The molecule has 1 aliphatic rings. The van der Waals surface area contributed by atoms with E-state index in [1.54, 1.807) is 12.1 Å². The molecule has 0 fully saturated rings. The van der Waals surface area contributed by atoms with Crippen LogP contribution >= 0.6 is 0 Å². The van der Waals surface area contributed by atoms with E-state index in [1.807, 2.05) is 0 Å². The molecule has 0 aromatic heterocycles. The summed E-state index contributed by atoms with van der Waals surface area (Å²) in [6, 6.07) is 2.87. The lowest BCUT2D eigenvalue weighted by Gasteiger charge is -2.22. The van der Waals surface area contributed by atoms with Crippen LogP contribution in [0.25, 0.3) is 0 Å². The van der Waals surface area contributed by atoms with Gasteiger partial charge in [0.05, 0.1) is 13.2 Å². The Morgan fingerprint density at radius 3 is 3.00 bits per heavy atom. The predicted octanol–water partition coefficient (Wildman–Crippen LogP) is 1.82. The van der Waals surface area contributed by atoms with Gasteiger partial charge < -0.3 is 15.2 Å². The van der Waals surface area contributed by atoms with Gasteiger partial charge in [-0.3, -0.25) is 0 Å². The second kappa shape index (κ2) is 5.13. The van der Waals surface area contributed by atoms with Crippen LogP contribution in [0, 0.1) is 0 Å². The molecule has 4 nitrogen and oxygen atoms in total. The Morgan fingerprint density at radius 1 is 1.58 bits per heavy atom. The van der Waals surface area contributed by atoms with Crippen LogP contribution in [-0.4, -0.2) is 25.1 Å². The third-order valence-electron chi connectivity index (χ3n) is 3.01. The van der Waals surface area contributed by atoms with Gasteiger partial charge in [-0.25, -0.2) is 4.79 Å². The molecule has 0 bridgehead atoms. The van der Waals surface area contributed by atoms with Gasteiger partial charge in [0.25, 0.3) is 0 Å². The van der Waals surface area contributed by atoms with E-state index < -0.39 is 17.9 Å². The van der Waals surface area contributed by atoms with Crippen LogP contribution < -0.4 is 10.5 Å². The molecule has 1 heterocycles. The number of carbonyl (C=O) groups excluding carboxylic acids is 1. The van der Waals surface area contributed by atoms with Gasteiger partial charge in [-0.15, -0.1) is 0 Å². The average Bonchev–Trinajstić information content (AvgIpc) is 2.85. The number of hydrogen-bond acceptors (Lipinski definition) is 4. The molecule has 104 valence electrons. The molecule has 1 aromatic carbocycles. The fraction of sp³-hybridized carbons (Fsp3) is 0.462. The molecule has 0 radical (unpaired) electrons. The number of hydrogen-bond donors (Lipinski definition) is 1.